The molecule has 1 heterocycles. The van der Waals surface area contributed by atoms with Crippen molar-refractivity contribution in [1.29, 1.82) is 0 Å². The van der Waals surface area contributed by atoms with Gasteiger partial charge in [-0.3, -0.25) is 0 Å². The first-order chi connectivity index (χ1) is 9.91. The molecule has 7 heteroatoms. The van der Waals surface area contributed by atoms with Crippen molar-refractivity contribution in [2.45, 2.75) is 12.8 Å². The van der Waals surface area contributed by atoms with Crippen molar-refractivity contribution in [1.82, 2.24) is 0 Å². The number of alkyl halides is 2. The SMILES string of the molecule is Fc1cc(F)cc(CNc2ccc3c(c2)OC(F)(F)O3)c1. The summed E-state index contributed by atoms with van der Waals surface area (Å²) in [6.45, 7) is 0.130. The van der Waals surface area contributed by atoms with Gasteiger partial charge in [0.1, 0.15) is 11.6 Å². The molecular formula is C14H9F4NO2. The van der Waals surface area contributed by atoms with E-state index in [0.29, 0.717) is 11.3 Å². The van der Waals surface area contributed by atoms with E-state index in [2.05, 4.69) is 14.8 Å². The van der Waals surface area contributed by atoms with Crippen LogP contribution in [0, 0.1) is 11.6 Å². The minimum Gasteiger partial charge on any atom is -0.395 e. The van der Waals surface area contributed by atoms with Crippen molar-refractivity contribution in [3.8, 4) is 11.5 Å². The maximum atomic E-state index is 13.0. The van der Waals surface area contributed by atoms with Crippen molar-refractivity contribution in [2.75, 3.05) is 5.32 Å². The van der Waals surface area contributed by atoms with Crippen LogP contribution in [-0.2, 0) is 6.54 Å². The number of hydrogen-bond donors (Lipinski definition) is 1. The normalized spacial score (nSPS) is 15.0. The predicted octanol–water partition coefficient (Wildman–Crippen LogP) is 3.90. The summed E-state index contributed by atoms with van der Waals surface area (Å²) in [5.41, 5.74) is 0.843. The third-order valence-corrected chi connectivity index (χ3v) is 2.82. The fraction of sp³-hybridized carbons (Fsp3) is 0.143. The minimum absolute atomic E-state index is 0.0673. The van der Waals surface area contributed by atoms with Crippen LogP contribution in [0.25, 0.3) is 0 Å². The highest BCUT2D eigenvalue weighted by atomic mass is 19.3. The van der Waals surface area contributed by atoms with Crippen LogP contribution in [0.3, 0.4) is 0 Å². The molecule has 3 rings (SSSR count). The zero-order chi connectivity index (χ0) is 15.0. The molecule has 1 aliphatic rings. The average Bonchev–Trinajstić information content (AvgIpc) is 2.68. The molecule has 0 atom stereocenters. The summed E-state index contributed by atoms with van der Waals surface area (Å²) in [5, 5.41) is 2.86. The lowest BCUT2D eigenvalue weighted by Gasteiger charge is -2.07. The maximum Gasteiger partial charge on any atom is 0.586 e. The molecule has 3 nitrogen and oxygen atoms in total. The molecule has 2 aromatic rings. The van der Waals surface area contributed by atoms with Gasteiger partial charge in [0.15, 0.2) is 11.5 Å². The van der Waals surface area contributed by atoms with E-state index in [0.717, 1.165) is 6.07 Å². The maximum absolute atomic E-state index is 13.0. The van der Waals surface area contributed by atoms with Crippen LogP contribution in [0.1, 0.15) is 5.56 Å². The number of halogens is 4. The third-order valence-electron chi connectivity index (χ3n) is 2.82. The third kappa shape index (κ3) is 3.01. The Hall–Kier alpha value is -2.44. The Morgan fingerprint density at radius 2 is 1.57 bits per heavy atom. The van der Waals surface area contributed by atoms with Crippen LogP contribution in [0.5, 0.6) is 11.5 Å². The summed E-state index contributed by atoms with van der Waals surface area (Å²) in [6.07, 6.45) is -3.67. The molecule has 110 valence electrons. The molecule has 0 saturated carbocycles. The first-order valence-corrected chi connectivity index (χ1v) is 6.00. The second-order valence-corrected chi connectivity index (χ2v) is 4.46. The van der Waals surface area contributed by atoms with Gasteiger partial charge in [-0.15, -0.1) is 8.78 Å². The van der Waals surface area contributed by atoms with Crippen molar-refractivity contribution in [3.63, 3.8) is 0 Å². The quantitative estimate of drug-likeness (QED) is 0.872. The van der Waals surface area contributed by atoms with E-state index in [1.54, 1.807) is 0 Å². The van der Waals surface area contributed by atoms with E-state index in [9.17, 15) is 17.6 Å². The molecule has 0 fully saturated rings. The van der Waals surface area contributed by atoms with Crippen molar-refractivity contribution in [3.05, 3.63) is 53.6 Å². The number of hydrogen-bond acceptors (Lipinski definition) is 3. The molecule has 0 radical (unpaired) electrons. The van der Waals surface area contributed by atoms with Gasteiger partial charge in [-0.2, -0.15) is 0 Å². The number of rotatable bonds is 3. The van der Waals surface area contributed by atoms with Gasteiger partial charge in [-0.1, -0.05) is 0 Å². The van der Waals surface area contributed by atoms with E-state index in [1.165, 1.54) is 30.3 Å². The van der Waals surface area contributed by atoms with Gasteiger partial charge in [-0.25, -0.2) is 8.78 Å². The molecule has 2 aromatic carbocycles. The van der Waals surface area contributed by atoms with Crippen LogP contribution in [0.15, 0.2) is 36.4 Å². The fourth-order valence-electron chi connectivity index (χ4n) is 1.98. The Balaban J connectivity index is 1.72. The molecule has 1 aliphatic heterocycles. The average molecular weight is 299 g/mol. The van der Waals surface area contributed by atoms with Crippen LogP contribution in [0.2, 0.25) is 0 Å². The Morgan fingerprint density at radius 3 is 2.29 bits per heavy atom. The molecule has 0 aliphatic carbocycles. The van der Waals surface area contributed by atoms with Crippen LogP contribution in [0.4, 0.5) is 23.2 Å². The van der Waals surface area contributed by atoms with Crippen LogP contribution in [-0.4, -0.2) is 6.29 Å². The zero-order valence-corrected chi connectivity index (χ0v) is 10.5. The summed E-state index contributed by atoms with van der Waals surface area (Å²) in [7, 11) is 0. The molecule has 0 amide bonds. The lowest BCUT2D eigenvalue weighted by Crippen LogP contribution is -2.25. The Kier molecular flexibility index (Phi) is 3.12. The van der Waals surface area contributed by atoms with Crippen LogP contribution >= 0.6 is 0 Å². The summed E-state index contributed by atoms with van der Waals surface area (Å²) >= 11 is 0. The first kappa shape index (κ1) is 13.5. The smallest absolute Gasteiger partial charge is 0.395 e. The topological polar surface area (TPSA) is 30.5 Å². The Labute approximate surface area is 117 Å². The molecule has 1 N–H and O–H groups in total. The molecule has 0 bridgehead atoms. The van der Waals surface area contributed by atoms with E-state index >= 15 is 0 Å². The number of ether oxygens (including phenoxy) is 2. The summed E-state index contributed by atoms with van der Waals surface area (Å²) in [5.74, 6) is -1.54. The van der Waals surface area contributed by atoms with Gasteiger partial charge in [0, 0.05) is 24.4 Å². The van der Waals surface area contributed by atoms with Crippen LogP contribution < -0.4 is 14.8 Å². The molecule has 0 saturated heterocycles. The minimum atomic E-state index is -3.67. The van der Waals surface area contributed by atoms with E-state index in [4.69, 9.17) is 0 Å². The van der Waals surface area contributed by atoms with Gasteiger partial charge in [0.2, 0.25) is 0 Å². The molecular weight excluding hydrogens is 290 g/mol. The van der Waals surface area contributed by atoms with Gasteiger partial charge >= 0.3 is 6.29 Å². The first-order valence-electron chi connectivity index (χ1n) is 6.00. The summed E-state index contributed by atoms with van der Waals surface area (Å²) in [4.78, 5) is 0. The highest BCUT2D eigenvalue weighted by molar-refractivity contribution is 5.56. The zero-order valence-electron chi connectivity index (χ0n) is 10.5. The monoisotopic (exact) mass is 299 g/mol. The highest BCUT2D eigenvalue weighted by Gasteiger charge is 2.43. The second kappa shape index (κ2) is 4.83. The standard InChI is InChI=1S/C14H9F4NO2/c15-9-3-8(4-10(16)5-9)7-19-11-1-2-12-13(6-11)21-14(17,18)20-12/h1-6,19H,7H2. The van der Waals surface area contributed by atoms with Gasteiger partial charge in [0.05, 0.1) is 0 Å². The number of anilines is 1. The summed E-state index contributed by atoms with van der Waals surface area (Å²) in [6, 6.07) is 7.27. The van der Waals surface area contributed by atoms with E-state index in [-0.39, 0.29) is 18.0 Å². The lowest BCUT2D eigenvalue weighted by atomic mass is 10.2. The Bertz CT molecular complexity index is 670. The molecule has 0 spiro atoms. The van der Waals surface area contributed by atoms with E-state index < -0.39 is 17.9 Å². The number of benzene rings is 2. The molecule has 0 aromatic heterocycles. The van der Waals surface area contributed by atoms with Gasteiger partial charge in [-0.05, 0) is 29.8 Å². The van der Waals surface area contributed by atoms with E-state index in [1.807, 2.05) is 0 Å². The highest BCUT2D eigenvalue weighted by Crippen LogP contribution is 2.42. The number of nitrogens with one attached hydrogen (secondary N) is 1. The van der Waals surface area contributed by atoms with Crippen molar-refractivity contribution < 1.29 is 27.0 Å². The largest absolute Gasteiger partial charge is 0.586 e. The molecule has 0 unspecified atom stereocenters. The lowest BCUT2D eigenvalue weighted by molar-refractivity contribution is -0.286. The fourth-order valence-corrected chi connectivity index (χ4v) is 1.98. The summed E-state index contributed by atoms with van der Waals surface area (Å²) < 4.78 is 60.4. The predicted molar refractivity (Wildman–Crippen MR) is 66.3 cm³/mol. The second-order valence-electron chi connectivity index (χ2n) is 4.46. The molecule has 21 heavy (non-hydrogen) atoms. The van der Waals surface area contributed by atoms with Gasteiger partial charge in [0.25, 0.3) is 0 Å². The van der Waals surface area contributed by atoms with Gasteiger partial charge < -0.3 is 14.8 Å². The van der Waals surface area contributed by atoms with Crippen molar-refractivity contribution in [2.24, 2.45) is 0 Å². The van der Waals surface area contributed by atoms with Crippen molar-refractivity contribution >= 4 is 5.69 Å². The number of fused-ring (bicyclic) bond motifs is 1. The Morgan fingerprint density at radius 1 is 0.905 bits per heavy atom.